The van der Waals surface area contributed by atoms with Crippen molar-refractivity contribution in [2.24, 2.45) is 0 Å². The fourth-order valence-electron chi connectivity index (χ4n) is 1.68. The smallest absolute Gasteiger partial charge is 0.146 e. The van der Waals surface area contributed by atoms with Gasteiger partial charge in [-0.25, -0.2) is 4.39 Å². The molecule has 2 rings (SSSR count). The van der Waals surface area contributed by atoms with Gasteiger partial charge in [-0.1, -0.05) is 0 Å². The standard InChI is InChI=1S/C10H8FIN2/c11-10-7(6-13)3-4-9-8(10)2-1-5-14(9)12/h3-4H,1-2,5H2. The van der Waals surface area contributed by atoms with Crippen LogP contribution in [0.25, 0.3) is 0 Å². The third-order valence-corrected chi connectivity index (χ3v) is 3.38. The molecule has 4 heteroatoms. The molecule has 0 amide bonds. The molecule has 0 saturated heterocycles. The normalized spacial score (nSPS) is 14.8. The van der Waals surface area contributed by atoms with Gasteiger partial charge in [0.05, 0.1) is 34.1 Å². The van der Waals surface area contributed by atoms with E-state index < -0.39 is 0 Å². The third-order valence-electron chi connectivity index (χ3n) is 2.38. The maximum Gasteiger partial charge on any atom is 0.146 e. The zero-order valence-corrected chi connectivity index (χ0v) is 9.58. The Kier molecular flexibility index (Phi) is 2.59. The second-order valence-electron chi connectivity index (χ2n) is 3.23. The average Bonchev–Trinajstić information content (AvgIpc) is 2.20. The quantitative estimate of drug-likeness (QED) is 0.544. The second-order valence-corrected chi connectivity index (χ2v) is 4.39. The van der Waals surface area contributed by atoms with E-state index in [9.17, 15) is 4.39 Å². The molecule has 1 heterocycles. The minimum atomic E-state index is -0.341. The molecule has 0 spiro atoms. The number of hydrogen-bond donors (Lipinski definition) is 0. The summed E-state index contributed by atoms with van der Waals surface area (Å²) in [6, 6.07) is 5.23. The van der Waals surface area contributed by atoms with Gasteiger partial charge in [0.15, 0.2) is 0 Å². The number of rotatable bonds is 0. The van der Waals surface area contributed by atoms with E-state index in [1.807, 2.05) is 15.2 Å². The fraction of sp³-hybridized carbons (Fsp3) is 0.300. The van der Waals surface area contributed by atoms with Crippen LogP contribution in [0.15, 0.2) is 12.1 Å². The molecule has 0 atom stereocenters. The Morgan fingerprint density at radius 2 is 2.29 bits per heavy atom. The zero-order valence-electron chi connectivity index (χ0n) is 7.43. The molecule has 0 bridgehead atoms. The van der Waals surface area contributed by atoms with Crippen LogP contribution in [0.3, 0.4) is 0 Å². The Morgan fingerprint density at radius 3 is 3.00 bits per heavy atom. The summed E-state index contributed by atoms with van der Waals surface area (Å²) in [4.78, 5) is 0. The first-order valence-corrected chi connectivity index (χ1v) is 5.35. The van der Waals surface area contributed by atoms with E-state index in [0.29, 0.717) is 5.56 Å². The van der Waals surface area contributed by atoms with Crippen molar-refractivity contribution in [3.05, 3.63) is 29.1 Å². The summed E-state index contributed by atoms with van der Waals surface area (Å²) in [5.74, 6) is -0.341. The van der Waals surface area contributed by atoms with Gasteiger partial charge in [-0.2, -0.15) is 5.26 Å². The fourth-order valence-corrected chi connectivity index (χ4v) is 2.47. The molecule has 0 radical (unpaired) electrons. The van der Waals surface area contributed by atoms with Crippen molar-refractivity contribution in [2.45, 2.75) is 12.8 Å². The molecule has 0 aliphatic carbocycles. The van der Waals surface area contributed by atoms with Crippen molar-refractivity contribution < 1.29 is 4.39 Å². The summed E-state index contributed by atoms with van der Waals surface area (Å²) in [5.41, 5.74) is 1.74. The lowest BCUT2D eigenvalue weighted by Gasteiger charge is -2.25. The number of fused-ring (bicyclic) bond motifs is 1. The van der Waals surface area contributed by atoms with Crippen LogP contribution in [0.1, 0.15) is 17.5 Å². The van der Waals surface area contributed by atoms with Crippen molar-refractivity contribution in [1.29, 1.82) is 5.26 Å². The average molecular weight is 302 g/mol. The van der Waals surface area contributed by atoms with Gasteiger partial charge in [0.25, 0.3) is 0 Å². The number of anilines is 1. The topological polar surface area (TPSA) is 27.0 Å². The predicted octanol–water partition coefficient (Wildman–Crippen LogP) is 2.80. The molecule has 1 aliphatic heterocycles. The first-order chi connectivity index (χ1) is 6.74. The van der Waals surface area contributed by atoms with Gasteiger partial charge in [-0.15, -0.1) is 0 Å². The van der Waals surface area contributed by atoms with Crippen molar-refractivity contribution in [1.82, 2.24) is 0 Å². The number of halogens is 2. The van der Waals surface area contributed by atoms with Crippen LogP contribution in [-0.4, -0.2) is 6.54 Å². The van der Waals surface area contributed by atoms with Gasteiger partial charge in [-0.3, -0.25) is 0 Å². The van der Waals surface area contributed by atoms with Crippen LogP contribution < -0.4 is 3.11 Å². The van der Waals surface area contributed by atoms with Gasteiger partial charge in [0.2, 0.25) is 0 Å². The number of hydrogen-bond acceptors (Lipinski definition) is 2. The molecule has 14 heavy (non-hydrogen) atoms. The minimum Gasteiger partial charge on any atom is -0.314 e. The van der Waals surface area contributed by atoms with Crippen LogP contribution in [-0.2, 0) is 6.42 Å². The molecule has 1 aromatic carbocycles. The predicted molar refractivity (Wildman–Crippen MR) is 60.8 cm³/mol. The number of benzene rings is 1. The Bertz CT molecular complexity index is 411. The SMILES string of the molecule is N#Cc1ccc2c(c1F)CCCN2I. The van der Waals surface area contributed by atoms with Gasteiger partial charge >= 0.3 is 0 Å². The summed E-state index contributed by atoms with van der Waals surface area (Å²) >= 11 is 2.17. The van der Waals surface area contributed by atoms with Crippen molar-refractivity contribution >= 4 is 28.6 Å². The molecule has 0 fully saturated rings. The van der Waals surface area contributed by atoms with E-state index in [2.05, 4.69) is 22.9 Å². The summed E-state index contributed by atoms with van der Waals surface area (Å²) in [7, 11) is 0. The molecule has 1 aliphatic rings. The second kappa shape index (κ2) is 3.73. The van der Waals surface area contributed by atoms with Crippen LogP contribution in [0.4, 0.5) is 10.1 Å². The molecular formula is C10H8FIN2. The molecule has 72 valence electrons. The monoisotopic (exact) mass is 302 g/mol. The summed E-state index contributed by atoms with van der Waals surface area (Å²) in [5, 5.41) is 8.68. The molecule has 0 aromatic heterocycles. The van der Waals surface area contributed by atoms with E-state index in [-0.39, 0.29) is 11.4 Å². The van der Waals surface area contributed by atoms with Crippen LogP contribution in [0.5, 0.6) is 0 Å². The molecule has 0 saturated carbocycles. The lowest BCUT2D eigenvalue weighted by molar-refractivity contribution is 0.597. The third kappa shape index (κ3) is 1.46. The molecule has 2 nitrogen and oxygen atoms in total. The number of nitriles is 1. The Balaban J connectivity index is 2.59. The maximum atomic E-state index is 13.7. The first kappa shape index (κ1) is 9.71. The van der Waals surface area contributed by atoms with Crippen LogP contribution >= 0.6 is 22.9 Å². The highest BCUT2D eigenvalue weighted by atomic mass is 127. The van der Waals surface area contributed by atoms with Gasteiger partial charge in [-0.05, 0) is 25.0 Å². The van der Waals surface area contributed by atoms with Crippen molar-refractivity contribution in [3.8, 4) is 6.07 Å². The molecule has 0 N–H and O–H groups in total. The van der Waals surface area contributed by atoms with Gasteiger partial charge in [0, 0.05) is 12.1 Å². The maximum absolute atomic E-state index is 13.7. The van der Waals surface area contributed by atoms with Gasteiger partial charge < -0.3 is 3.11 Å². The van der Waals surface area contributed by atoms with E-state index in [0.717, 1.165) is 25.1 Å². The van der Waals surface area contributed by atoms with Crippen molar-refractivity contribution in [3.63, 3.8) is 0 Å². The van der Waals surface area contributed by atoms with Gasteiger partial charge in [0.1, 0.15) is 11.9 Å². The first-order valence-electron chi connectivity index (χ1n) is 4.39. The lowest BCUT2D eigenvalue weighted by Crippen LogP contribution is -2.20. The summed E-state index contributed by atoms with van der Waals surface area (Å²) in [6.45, 7) is 0.943. The van der Waals surface area contributed by atoms with E-state index in [1.54, 1.807) is 6.07 Å². The summed E-state index contributed by atoms with van der Waals surface area (Å²) < 4.78 is 15.7. The van der Waals surface area contributed by atoms with E-state index >= 15 is 0 Å². The zero-order chi connectivity index (χ0) is 10.1. The van der Waals surface area contributed by atoms with Crippen molar-refractivity contribution in [2.75, 3.05) is 9.66 Å². The highest BCUT2D eigenvalue weighted by Gasteiger charge is 2.20. The Labute approximate surface area is 95.8 Å². The lowest BCUT2D eigenvalue weighted by atomic mass is 10.0. The molecule has 0 unspecified atom stereocenters. The van der Waals surface area contributed by atoms with Crippen LogP contribution in [0, 0.1) is 17.1 Å². The largest absolute Gasteiger partial charge is 0.314 e. The minimum absolute atomic E-state index is 0.149. The Morgan fingerprint density at radius 1 is 1.50 bits per heavy atom. The molecular weight excluding hydrogens is 294 g/mol. The van der Waals surface area contributed by atoms with E-state index in [1.165, 1.54) is 0 Å². The summed E-state index contributed by atoms with van der Waals surface area (Å²) in [6.07, 6.45) is 1.68. The Hall–Kier alpha value is -0.830. The molecule has 1 aromatic rings. The highest BCUT2D eigenvalue weighted by molar-refractivity contribution is 14.1. The van der Waals surface area contributed by atoms with Crippen LogP contribution in [0.2, 0.25) is 0 Å². The number of nitrogens with zero attached hydrogens (tertiary/aromatic N) is 2. The van der Waals surface area contributed by atoms with E-state index in [4.69, 9.17) is 5.26 Å². The highest BCUT2D eigenvalue weighted by Crippen LogP contribution is 2.32.